The van der Waals surface area contributed by atoms with E-state index < -0.39 is 42.5 Å². The highest BCUT2D eigenvalue weighted by Crippen LogP contribution is 2.37. The maximum Gasteiger partial charge on any atom is 0.325 e. The van der Waals surface area contributed by atoms with Gasteiger partial charge in [-0.15, -0.1) is 0 Å². The first-order valence-corrected chi connectivity index (χ1v) is 11.9. The van der Waals surface area contributed by atoms with Gasteiger partial charge in [0.2, 0.25) is 5.91 Å². The van der Waals surface area contributed by atoms with E-state index in [9.17, 15) is 28.6 Å². The highest BCUT2D eigenvalue weighted by atomic mass is 19.3. The molecule has 0 radical (unpaired) electrons. The number of halogens is 2. The lowest BCUT2D eigenvalue weighted by molar-refractivity contribution is -0.143. The molecule has 0 heterocycles. The van der Waals surface area contributed by atoms with Crippen molar-refractivity contribution in [2.75, 3.05) is 19.8 Å². The Morgan fingerprint density at radius 3 is 2.63 bits per heavy atom. The molecule has 0 saturated heterocycles. The zero-order valence-electron chi connectivity index (χ0n) is 19.9. The summed E-state index contributed by atoms with van der Waals surface area (Å²) in [5.74, 6) is -4.61. The number of hydrogen-bond acceptors (Lipinski definition) is 6. The number of aliphatic hydroxyl groups excluding tert-OH is 2. The van der Waals surface area contributed by atoms with Crippen LogP contribution < -0.4 is 10.1 Å². The number of esters is 1. The van der Waals surface area contributed by atoms with Gasteiger partial charge in [-0.2, -0.15) is 8.78 Å². The topological polar surface area (TPSA) is 105 Å². The second-order valence-electron chi connectivity index (χ2n) is 8.51. The second-order valence-corrected chi connectivity index (χ2v) is 8.51. The normalized spacial score (nSPS) is 22.5. The molecule has 0 aliphatic heterocycles. The van der Waals surface area contributed by atoms with Gasteiger partial charge in [-0.1, -0.05) is 36.4 Å². The van der Waals surface area contributed by atoms with Crippen LogP contribution in [0.4, 0.5) is 8.78 Å². The molecular weight excluding hydrogens is 460 g/mol. The quantitative estimate of drug-likeness (QED) is 0.208. The predicted molar refractivity (Wildman–Crippen MR) is 127 cm³/mol. The lowest BCUT2D eigenvalue weighted by atomic mass is 9.89. The van der Waals surface area contributed by atoms with Gasteiger partial charge in [0.05, 0.1) is 18.8 Å². The third-order valence-electron chi connectivity index (χ3n) is 5.74. The Balaban J connectivity index is 1.77. The minimum absolute atomic E-state index is 0.125. The van der Waals surface area contributed by atoms with Crippen LogP contribution in [-0.2, 0) is 14.3 Å². The molecule has 0 bridgehead atoms. The maximum atomic E-state index is 14.3. The van der Waals surface area contributed by atoms with Crippen molar-refractivity contribution in [3.05, 3.63) is 54.6 Å². The van der Waals surface area contributed by atoms with Crippen LogP contribution in [0.5, 0.6) is 5.75 Å². The van der Waals surface area contributed by atoms with Gasteiger partial charge in [0.15, 0.2) is 6.61 Å². The molecule has 1 aromatic carbocycles. The molecule has 1 amide bonds. The summed E-state index contributed by atoms with van der Waals surface area (Å²) < 4.78 is 38.4. The highest BCUT2D eigenvalue weighted by molar-refractivity contribution is 5.81. The van der Waals surface area contributed by atoms with Crippen LogP contribution in [-0.4, -0.2) is 60.0 Å². The van der Waals surface area contributed by atoms with Crippen molar-refractivity contribution in [2.45, 2.75) is 57.2 Å². The summed E-state index contributed by atoms with van der Waals surface area (Å²) in [6.45, 7) is 0.967. The molecule has 1 saturated carbocycles. The fourth-order valence-corrected chi connectivity index (χ4v) is 3.93. The van der Waals surface area contributed by atoms with Crippen molar-refractivity contribution in [3.63, 3.8) is 0 Å². The van der Waals surface area contributed by atoms with Gasteiger partial charge in [0.1, 0.15) is 12.3 Å². The van der Waals surface area contributed by atoms with Crippen LogP contribution >= 0.6 is 0 Å². The van der Waals surface area contributed by atoms with Crippen molar-refractivity contribution in [3.8, 4) is 5.75 Å². The molecule has 0 spiro atoms. The summed E-state index contributed by atoms with van der Waals surface area (Å²) in [4.78, 5) is 22.9. The molecule has 9 heteroatoms. The Morgan fingerprint density at radius 1 is 1.17 bits per heavy atom. The Kier molecular flexibility index (Phi) is 11.9. The lowest BCUT2D eigenvalue weighted by Gasteiger charge is -2.20. The van der Waals surface area contributed by atoms with Crippen molar-refractivity contribution in [1.82, 2.24) is 5.32 Å². The van der Waals surface area contributed by atoms with Gasteiger partial charge in [-0.25, -0.2) is 0 Å². The molecule has 0 aromatic heterocycles. The molecule has 194 valence electrons. The highest BCUT2D eigenvalue weighted by Gasteiger charge is 2.40. The van der Waals surface area contributed by atoms with Crippen molar-refractivity contribution >= 4 is 11.9 Å². The van der Waals surface area contributed by atoms with Crippen molar-refractivity contribution in [1.29, 1.82) is 0 Å². The summed E-state index contributed by atoms with van der Waals surface area (Å²) in [7, 11) is 0. The molecule has 3 N–H and O–H groups in total. The van der Waals surface area contributed by atoms with E-state index in [0.717, 1.165) is 6.08 Å². The minimum Gasteiger partial charge on any atom is -0.487 e. The Morgan fingerprint density at radius 2 is 1.91 bits per heavy atom. The van der Waals surface area contributed by atoms with Gasteiger partial charge in [-0.05, 0) is 50.3 Å². The number of aliphatic hydroxyl groups is 2. The van der Waals surface area contributed by atoms with E-state index in [1.54, 1.807) is 37.3 Å². The third kappa shape index (κ3) is 10.6. The molecule has 0 unspecified atom stereocenters. The lowest BCUT2D eigenvalue weighted by Crippen LogP contribution is -2.30. The molecular formula is C26H35F2NO6. The summed E-state index contributed by atoms with van der Waals surface area (Å²) in [5.41, 5.74) is 0. The third-order valence-corrected chi connectivity index (χ3v) is 5.74. The predicted octanol–water partition coefficient (Wildman–Crippen LogP) is 3.41. The molecule has 1 aliphatic carbocycles. The molecule has 1 aromatic rings. The fraction of sp³-hybridized carbons (Fsp3) is 0.538. The van der Waals surface area contributed by atoms with Crippen LogP contribution in [0.3, 0.4) is 0 Å². The van der Waals surface area contributed by atoms with Crippen LogP contribution in [0.25, 0.3) is 0 Å². The number of hydrogen-bond donors (Lipinski definition) is 3. The Bertz CT molecular complexity index is 846. The Labute approximate surface area is 204 Å². The van der Waals surface area contributed by atoms with E-state index >= 15 is 0 Å². The van der Waals surface area contributed by atoms with Gasteiger partial charge in [0.25, 0.3) is 5.92 Å². The van der Waals surface area contributed by atoms with Gasteiger partial charge >= 0.3 is 5.97 Å². The van der Waals surface area contributed by atoms with Crippen LogP contribution in [0.15, 0.2) is 54.6 Å². The molecule has 1 aliphatic rings. The number of allylic oxidation sites excluding steroid dienone is 2. The SMILES string of the molecule is CCOC(=O)CNC(=O)CCC/C=C\C[C@@H]1[C@@H](/C=C/C(F)(F)COc2ccccc2)[C@H](O)C[C@@H]1O. The standard InChI is InChI=1S/C26H35F2NO6/c1-2-34-25(33)17-29-24(32)13-9-4-3-8-12-20-21(23(31)16-22(20)30)14-15-26(27,28)18-35-19-10-6-5-7-11-19/h3,5-8,10-11,14-15,20-23,30-31H,2,4,9,12-13,16-18H2,1H3,(H,29,32)/b8-3-,15-14+/t20-,21-,22+,23-/m1/s1. The van der Waals surface area contributed by atoms with Gasteiger partial charge in [-0.3, -0.25) is 9.59 Å². The average Bonchev–Trinajstić information content (AvgIpc) is 3.10. The van der Waals surface area contributed by atoms with E-state index in [4.69, 9.17) is 9.47 Å². The van der Waals surface area contributed by atoms with E-state index in [1.807, 2.05) is 12.2 Å². The van der Waals surface area contributed by atoms with Crippen LogP contribution in [0.1, 0.15) is 39.0 Å². The smallest absolute Gasteiger partial charge is 0.325 e. The number of benzene rings is 1. The van der Waals surface area contributed by atoms with E-state index in [2.05, 4.69) is 5.32 Å². The number of para-hydroxylation sites is 1. The van der Waals surface area contributed by atoms with Crippen molar-refractivity contribution in [2.24, 2.45) is 11.8 Å². The number of alkyl halides is 2. The van der Waals surface area contributed by atoms with Gasteiger partial charge < -0.3 is 25.0 Å². The fourth-order valence-electron chi connectivity index (χ4n) is 3.93. The first kappa shape index (κ1) is 28.5. The summed E-state index contributed by atoms with van der Waals surface area (Å²) in [6, 6.07) is 8.33. The van der Waals surface area contributed by atoms with E-state index in [1.165, 1.54) is 6.08 Å². The molecule has 7 nitrogen and oxygen atoms in total. The number of unbranched alkanes of at least 4 members (excludes halogenated alkanes) is 1. The summed E-state index contributed by atoms with van der Waals surface area (Å²) in [5, 5.41) is 23.1. The minimum atomic E-state index is -3.22. The molecule has 4 atom stereocenters. The number of ether oxygens (including phenoxy) is 2. The molecule has 1 fully saturated rings. The largest absolute Gasteiger partial charge is 0.487 e. The monoisotopic (exact) mass is 495 g/mol. The maximum absolute atomic E-state index is 14.3. The number of rotatable bonds is 14. The number of carbonyl (C=O) groups excluding carboxylic acids is 2. The zero-order valence-corrected chi connectivity index (χ0v) is 19.9. The Hall–Kier alpha value is -2.78. The van der Waals surface area contributed by atoms with Crippen LogP contribution in [0.2, 0.25) is 0 Å². The van der Waals surface area contributed by atoms with Crippen LogP contribution in [0, 0.1) is 11.8 Å². The number of nitrogens with one attached hydrogen (secondary N) is 1. The second kappa shape index (κ2) is 14.6. The van der Waals surface area contributed by atoms with E-state index in [0.29, 0.717) is 25.0 Å². The van der Waals surface area contributed by atoms with Gasteiger partial charge in [0, 0.05) is 18.8 Å². The average molecular weight is 496 g/mol. The first-order valence-electron chi connectivity index (χ1n) is 11.9. The van der Waals surface area contributed by atoms with Crippen molar-refractivity contribution < 1.29 is 38.1 Å². The number of amides is 1. The zero-order chi connectivity index (χ0) is 25.7. The molecule has 2 rings (SSSR count). The van der Waals surface area contributed by atoms with E-state index in [-0.39, 0.29) is 31.9 Å². The number of carbonyl (C=O) groups is 2. The first-order chi connectivity index (χ1) is 16.7. The summed E-state index contributed by atoms with van der Waals surface area (Å²) in [6.07, 6.45) is 5.97. The summed E-state index contributed by atoms with van der Waals surface area (Å²) >= 11 is 0. The molecule has 35 heavy (non-hydrogen) atoms.